The van der Waals surface area contributed by atoms with E-state index in [1.807, 2.05) is 0 Å². The Morgan fingerprint density at radius 2 is 1.95 bits per heavy atom. The van der Waals surface area contributed by atoms with Gasteiger partial charge in [-0.15, -0.1) is 0 Å². The summed E-state index contributed by atoms with van der Waals surface area (Å²) >= 11 is 0. The van der Waals surface area contributed by atoms with Gasteiger partial charge < -0.3 is 10.6 Å². The van der Waals surface area contributed by atoms with Gasteiger partial charge in [-0.05, 0) is 44.5 Å². The molecule has 4 nitrogen and oxygen atoms in total. The number of carbonyl (C=O) groups is 1. The number of amides is 1. The second-order valence-corrected chi connectivity index (χ2v) is 5.94. The van der Waals surface area contributed by atoms with Gasteiger partial charge in [-0.3, -0.25) is 9.69 Å². The quantitative estimate of drug-likeness (QED) is 0.840. The summed E-state index contributed by atoms with van der Waals surface area (Å²) in [5.41, 5.74) is 2.50. The van der Waals surface area contributed by atoms with Crippen molar-refractivity contribution in [1.82, 2.24) is 15.5 Å². The van der Waals surface area contributed by atoms with E-state index >= 15 is 0 Å². The van der Waals surface area contributed by atoms with Crippen molar-refractivity contribution < 1.29 is 4.79 Å². The van der Waals surface area contributed by atoms with Crippen LogP contribution < -0.4 is 10.6 Å². The monoisotopic (exact) mass is 289 g/mol. The van der Waals surface area contributed by atoms with E-state index in [0.29, 0.717) is 19.1 Å². The summed E-state index contributed by atoms with van der Waals surface area (Å²) in [6.07, 6.45) is 4.00. The highest BCUT2D eigenvalue weighted by Crippen LogP contribution is 2.19. The lowest BCUT2D eigenvalue weighted by atomic mass is 10.0. The molecule has 1 unspecified atom stereocenters. The van der Waals surface area contributed by atoms with E-state index in [-0.39, 0.29) is 5.91 Å². The number of piperidine rings is 1. The van der Waals surface area contributed by atoms with E-state index in [0.717, 1.165) is 12.1 Å². The summed E-state index contributed by atoms with van der Waals surface area (Å²) in [5.74, 6) is 0.0312. The van der Waals surface area contributed by atoms with Gasteiger partial charge in [0.25, 0.3) is 0 Å². The maximum absolute atomic E-state index is 11.4. The predicted octanol–water partition coefficient (Wildman–Crippen LogP) is 1.90. The number of likely N-dealkylation sites (tertiary alicyclic amines) is 1. The van der Waals surface area contributed by atoms with Gasteiger partial charge in [0.1, 0.15) is 0 Å². The first-order valence-corrected chi connectivity index (χ1v) is 7.92. The molecule has 0 radical (unpaired) electrons. The van der Waals surface area contributed by atoms with Gasteiger partial charge in [-0.25, -0.2) is 0 Å². The van der Waals surface area contributed by atoms with Crippen molar-refractivity contribution in [2.75, 3.05) is 20.1 Å². The molecule has 1 amide bonds. The minimum Gasteiger partial charge on any atom is -0.351 e. The van der Waals surface area contributed by atoms with Crippen LogP contribution in [-0.2, 0) is 17.9 Å². The molecule has 0 bridgehead atoms. The third-order valence-electron chi connectivity index (χ3n) is 4.18. The third-order valence-corrected chi connectivity index (χ3v) is 4.18. The van der Waals surface area contributed by atoms with Crippen molar-refractivity contribution in [1.29, 1.82) is 0 Å². The Kier molecular flexibility index (Phi) is 6.21. The molecule has 0 saturated carbocycles. The lowest BCUT2D eigenvalue weighted by Gasteiger charge is -2.33. The molecule has 0 aromatic heterocycles. The van der Waals surface area contributed by atoms with Gasteiger partial charge in [0.15, 0.2) is 0 Å². The lowest BCUT2D eigenvalue weighted by Crippen LogP contribution is -2.36. The van der Waals surface area contributed by atoms with Crippen molar-refractivity contribution in [2.45, 2.75) is 45.3 Å². The number of hydrogen-bond acceptors (Lipinski definition) is 3. The van der Waals surface area contributed by atoms with E-state index in [1.54, 1.807) is 7.05 Å². The predicted molar refractivity (Wildman–Crippen MR) is 85.9 cm³/mol. The fourth-order valence-electron chi connectivity index (χ4n) is 2.81. The van der Waals surface area contributed by atoms with Gasteiger partial charge >= 0.3 is 0 Å². The zero-order chi connectivity index (χ0) is 15.1. The van der Waals surface area contributed by atoms with Crippen LogP contribution in [0.1, 0.15) is 37.3 Å². The number of rotatable bonds is 6. The van der Waals surface area contributed by atoms with Crippen molar-refractivity contribution >= 4 is 5.91 Å². The molecule has 2 rings (SSSR count). The first-order chi connectivity index (χ1) is 10.2. The van der Waals surface area contributed by atoms with Crippen molar-refractivity contribution in [3.63, 3.8) is 0 Å². The summed E-state index contributed by atoms with van der Waals surface area (Å²) in [6.45, 7) is 5.53. The second-order valence-electron chi connectivity index (χ2n) is 5.94. The molecule has 1 saturated heterocycles. The fourth-order valence-corrected chi connectivity index (χ4v) is 2.81. The highest BCUT2D eigenvalue weighted by Gasteiger charge is 2.17. The van der Waals surface area contributed by atoms with Gasteiger partial charge in [0.05, 0.1) is 6.54 Å². The van der Waals surface area contributed by atoms with Crippen molar-refractivity contribution in [3.8, 4) is 0 Å². The normalized spacial score (nSPS) is 19.4. The van der Waals surface area contributed by atoms with Crippen LogP contribution >= 0.6 is 0 Å². The average molecular weight is 289 g/mol. The number of nitrogens with one attached hydrogen (secondary N) is 2. The van der Waals surface area contributed by atoms with Crippen LogP contribution in [0.25, 0.3) is 0 Å². The molecule has 21 heavy (non-hydrogen) atoms. The zero-order valence-corrected chi connectivity index (χ0v) is 13.2. The van der Waals surface area contributed by atoms with Crippen LogP contribution in [0.4, 0.5) is 0 Å². The average Bonchev–Trinajstić information content (AvgIpc) is 2.49. The Morgan fingerprint density at radius 3 is 2.62 bits per heavy atom. The molecule has 116 valence electrons. The molecular weight excluding hydrogens is 262 g/mol. The van der Waals surface area contributed by atoms with Crippen LogP contribution in [0.3, 0.4) is 0 Å². The molecule has 1 aliphatic heterocycles. The number of nitrogens with zero attached hydrogens (tertiary/aromatic N) is 1. The van der Waals surface area contributed by atoms with Gasteiger partial charge in [-0.2, -0.15) is 0 Å². The summed E-state index contributed by atoms with van der Waals surface area (Å²) < 4.78 is 0. The highest BCUT2D eigenvalue weighted by atomic mass is 16.1. The number of likely N-dealkylation sites (N-methyl/N-ethyl adjacent to an activating group) is 1. The molecule has 1 aromatic rings. The Hall–Kier alpha value is -1.39. The highest BCUT2D eigenvalue weighted by molar-refractivity contribution is 5.77. The Balaban J connectivity index is 1.82. The second kappa shape index (κ2) is 8.15. The Morgan fingerprint density at radius 1 is 1.24 bits per heavy atom. The standard InChI is InChI=1S/C17H27N3O/c1-14-5-3-4-10-20(14)13-16-8-6-15(7-9-16)11-19-17(21)12-18-2/h6-9,14,18H,3-5,10-13H2,1-2H3,(H,19,21). The molecular formula is C17H27N3O. The molecule has 1 aromatic carbocycles. The number of hydrogen-bond donors (Lipinski definition) is 2. The van der Waals surface area contributed by atoms with Crippen LogP contribution in [0.5, 0.6) is 0 Å². The molecule has 0 aliphatic carbocycles. The first-order valence-electron chi connectivity index (χ1n) is 7.92. The fraction of sp³-hybridized carbons (Fsp3) is 0.588. The minimum absolute atomic E-state index is 0.0312. The van der Waals surface area contributed by atoms with Crippen LogP contribution in [0.2, 0.25) is 0 Å². The van der Waals surface area contributed by atoms with Gasteiger partial charge in [0.2, 0.25) is 5.91 Å². The number of carbonyl (C=O) groups excluding carboxylic acids is 1. The zero-order valence-electron chi connectivity index (χ0n) is 13.2. The Labute approximate surface area is 127 Å². The first kappa shape index (κ1) is 16.0. The lowest BCUT2D eigenvalue weighted by molar-refractivity contribution is -0.120. The molecule has 4 heteroatoms. The maximum Gasteiger partial charge on any atom is 0.234 e. The summed E-state index contributed by atoms with van der Waals surface area (Å²) in [4.78, 5) is 14.0. The van der Waals surface area contributed by atoms with E-state index in [9.17, 15) is 4.79 Å². The molecule has 1 atom stereocenters. The maximum atomic E-state index is 11.4. The largest absolute Gasteiger partial charge is 0.351 e. The van der Waals surface area contributed by atoms with E-state index in [1.165, 1.54) is 31.4 Å². The molecule has 1 heterocycles. The van der Waals surface area contributed by atoms with Crippen LogP contribution in [-0.4, -0.2) is 37.0 Å². The minimum atomic E-state index is 0.0312. The van der Waals surface area contributed by atoms with E-state index in [2.05, 4.69) is 46.7 Å². The summed E-state index contributed by atoms with van der Waals surface area (Å²) in [5, 5.41) is 5.74. The number of benzene rings is 1. The van der Waals surface area contributed by atoms with Gasteiger partial charge in [0, 0.05) is 19.1 Å². The molecule has 0 spiro atoms. The topological polar surface area (TPSA) is 44.4 Å². The summed E-state index contributed by atoms with van der Waals surface area (Å²) in [7, 11) is 1.77. The summed E-state index contributed by atoms with van der Waals surface area (Å²) in [6, 6.07) is 9.29. The van der Waals surface area contributed by atoms with Crippen molar-refractivity contribution in [2.24, 2.45) is 0 Å². The van der Waals surface area contributed by atoms with Crippen molar-refractivity contribution in [3.05, 3.63) is 35.4 Å². The Bertz CT molecular complexity index is 444. The SMILES string of the molecule is CNCC(=O)NCc1ccc(CN2CCCCC2C)cc1. The third kappa shape index (κ3) is 5.14. The van der Waals surface area contributed by atoms with E-state index in [4.69, 9.17) is 0 Å². The van der Waals surface area contributed by atoms with E-state index < -0.39 is 0 Å². The van der Waals surface area contributed by atoms with Gasteiger partial charge in [-0.1, -0.05) is 30.7 Å². The smallest absolute Gasteiger partial charge is 0.234 e. The van der Waals surface area contributed by atoms with Crippen LogP contribution in [0, 0.1) is 0 Å². The molecule has 2 N–H and O–H groups in total. The molecule has 1 fully saturated rings. The van der Waals surface area contributed by atoms with Crippen LogP contribution in [0.15, 0.2) is 24.3 Å². The molecule has 1 aliphatic rings.